The molecule has 0 aliphatic rings. The highest BCUT2D eigenvalue weighted by Crippen LogP contribution is 2.25. The summed E-state index contributed by atoms with van der Waals surface area (Å²) < 4.78 is 5.83. The normalized spacial score (nSPS) is 10.6. The standard InChI is InChI=1S/C22H17ClN6O3/c1-12-9-13(23)3-5-16(12)20(30)27-22-26-18-10-14(4-6-17(18)28-29-22)32-15-7-8-25-19(11-15)21(31)24-2/h3-11H,1-2H3,(H,24,31)(H,26,27,29,30). The molecule has 2 aromatic carbocycles. The zero-order valence-electron chi connectivity index (χ0n) is 17.1. The maximum atomic E-state index is 12.6. The van der Waals surface area contributed by atoms with Gasteiger partial charge in [0.1, 0.15) is 22.7 Å². The number of halogens is 1. The van der Waals surface area contributed by atoms with E-state index in [0.717, 1.165) is 5.56 Å². The van der Waals surface area contributed by atoms with Crippen LogP contribution >= 0.6 is 11.6 Å². The maximum absolute atomic E-state index is 12.6. The second kappa shape index (κ2) is 8.94. The van der Waals surface area contributed by atoms with Crippen LogP contribution in [0.2, 0.25) is 5.02 Å². The van der Waals surface area contributed by atoms with E-state index in [1.165, 1.54) is 19.3 Å². The van der Waals surface area contributed by atoms with Crippen molar-refractivity contribution < 1.29 is 14.3 Å². The van der Waals surface area contributed by atoms with E-state index in [9.17, 15) is 9.59 Å². The number of amides is 2. The van der Waals surface area contributed by atoms with Crippen LogP contribution in [0.25, 0.3) is 11.0 Å². The van der Waals surface area contributed by atoms with Gasteiger partial charge in [-0.15, -0.1) is 10.2 Å². The van der Waals surface area contributed by atoms with Crippen molar-refractivity contribution in [3.63, 3.8) is 0 Å². The number of hydrogen-bond donors (Lipinski definition) is 2. The molecule has 0 aliphatic carbocycles. The van der Waals surface area contributed by atoms with Crippen LogP contribution in [0, 0.1) is 6.92 Å². The Morgan fingerprint density at radius 1 is 0.938 bits per heavy atom. The third-order valence-electron chi connectivity index (χ3n) is 4.51. The van der Waals surface area contributed by atoms with Crippen LogP contribution in [0.1, 0.15) is 26.4 Å². The van der Waals surface area contributed by atoms with E-state index in [0.29, 0.717) is 33.1 Å². The second-order valence-electron chi connectivity index (χ2n) is 6.76. The summed E-state index contributed by atoms with van der Waals surface area (Å²) in [5.74, 6) is 0.276. The zero-order chi connectivity index (χ0) is 22.7. The summed E-state index contributed by atoms with van der Waals surface area (Å²) in [4.78, 5) is 32.7. The van der Waals surface area contributed by atoms with Gasteiger partial charge in [-0.1, -0.05) is 11.6 Å². The van der Waals surface area contributed by atoms with E-state index in [4.69, 9.17) is 16.3 Å². The molecule has 2 N–H and O–H groups in total. The number of aryl methyl sites for hydroxylation is 1. The summed E-state index contributed by atoms with van der Waals surface area (Å²) in [5, 5.41) is 13.8. The molecule has 0 unspecified atom stereocenters. The van der Waals surface area contributed by atoms with Gasteiger partial charge in [0, 0.05) is 36.0 Å². The molecule has 0 fully saturated rings. The number of benzene rings is 2. The van der Waals surface area contributed by atoms with Gasteiger partial charge in [-0.25, -0.2) is 4.98 Å². The van der Waals surface area contributed by atoms with Crippen LogP contribution in [0.5, 0.6) is 11.5 Å². The number of pyridine rings is 1. The number of nitrogens with zero attached hydrogens (tertiary/aromatic N) is 4. The number of anilines is 1. The van der Waals surface area contributed by atoms with Crippen molar-refractivity contribution in [2.75, 3.05) is 12.4 Å². The number of ether oxygens (including phenoxy) is 1. The Kier molecular flexibility index (Phi) is 5.91. The van der Waals surface area contributed by atoms with Crippen molar-refractivity contribution in [1.29, 1.82) is 0 Å². The summed E-state index contributed by atoms with van der Waals surface area (Å²) >= 11 is 5.95. The van der Waals surface area contributed by atoms with Crippen molar-refractivity contribution >= 4 is 40.4 Å². The van der Waals surface area contributed by atoms with Crippen molar-refractivity contribution in [2.45, 2.75) is 6.92 Å². The molecular weight excluding hydrogens is 432 g/mol. The molecule has 0 spiro atoms. The second-order valence-corrected chi connectivity index (χ2v) is 7.19. The smallest absolute Gasteiger partial charge is 0.269 e. The molecule has 0 saturated heterocycles. The van der Waals surface area contributed by atoms with Crippen LogP contribution in [0.3, 0.4) is 0 Å². The Balaban J connectivity index is 1.56. The first kappa shape index (κ1) is 21.1. The van der Waals surface area contributed by atoms with Crippen LogP contribution in [0.15, 0.2) is 54.7 Å². The summed E-state index contributed by atoms with van der Waals surface area (Å²) in [6.07, 6.45) is 1.48. The lowest BCUT2D eigenvalue weighted by molar-refractivity contribution is 0.0957. The van der Waals surface area contributed by atoms with Gasteiger partial charge in [0.15, 0.2) is 0 Å². The number of carbonyl (C=O) groups is 2. The minimum atomic E-state index is -0.369. The van der Waals surface area contributed by atoms with Crippen LogP contribution in [0.4, 0.5) is 5.95 Å². The molecule has 4 rings (SSSR count). The zero-order valence-corrected chi connectivity index (χ0v) is 17.8. The summed E-state index contributed by atoms with van der Waals surface area (Å²) in [5.41, 5.74) is 2.42. The van der Waals surface area contributed by atoms with Crippen molar-refractivity contribution in [3.8, 4) is 11.5 Å². The number of rotatable bonds is 5. The molecule has 32 heavy (non-hydrogen) atoms. The average Bonchev–Trinajstić information content (AvgIpc) is 2.78. The van der Waals surface area contributed by atoms with E-state index >= 15 is 0 Å². The first-order valence-electron chi connectivity index (χ1n) is 9.51. The fourth-order valence-electron chi connectivity index (χ4n) is 2.95. The lowest BCUT2D eigenvalue weighted by Crippen LogP contribution is -2.18. The third-order valence-corrected chi connectivity index (χ3v) is 4.75. The van der Waals surface area contributed by atoms with Gasteiger partial charge in [0.2, 0.25) is 5.95 Å². The molecule has 2 heterocycles. The minimum Gasteiger partial charge on any atom is -0.457 e. The average molecular weight is 449 g/mol. The van der Waals surface area contributed by atoms with Crippen LogP contribution < -0.4 is 15.4 Å². The molecule has 2 aromatic heterocycles. The van der Waals surface area contributed by atoms with Gasteiger partial charge in [-0.05, 0) is 48.9 Å². The van der Waals surface area contributed by atoms with Crippen molar-refractivity contribution in [2.24, 2.45) is 0 Å². The summed E-state index contributed by atoms with van der Waals surface area (Å²) in [6.45, 7) is 1.79. The largest absolute Gasteiger partial charge is 0.457 e. The van der Waals surface area contributed by atoms with Gasteiger partial charge in [-0.2, -0.15) is 0 Å². The van der Waals surface area contributed by atoms with Gasteiger partial charge < -0.3 is 10.1 Å². The third kappa shape index (κ3) is 4.62. The molecule has 0 radical (unpaired) electrons. The summed E-state index contributed by atoms with van der Waals surface area (Å²) in [7, 11) is 1.53. The molecule has 4 aromatic rings. The Morgan fingerprint density at radius 2 is 1.75 bits per heavy atom. The van der Waals surface area contributed by atoms with Crippen LogP contribution in [-0.2, 0) is 0 Å². The van der Waals surface area contributed by atoms with Gasteiger partial charge in [0.05, 0.1) is 5.52 Å². The Morgan fingerprint density at radius 3 is 2.53 bits per heavy atom. The monoisotopic (exact) mass is 448 g/mol. The van der Waals surface area contributed by atoms with Crippen molar-refractivity contribution in [1.82, 2.24) is 25.5 Å². The molecular formula is C22H17ClN6O3. The molecule has 10 heteroatoms. The summed E-state index contributed by atoms with van der Waals surface area (Å²) in [6, 6.07) is 13.2. The SMILES string of the molecule is CNC(=O)c1cc(Oc2ccc3nnc(NC(=O)c4ccc(Cl)cc4C)nc3c2)ccn1. The first-order chi connectivity index (χ1) is 15.4. The molecule has 0 atom stereocenters. The highest BCUT2D eigenvalue weighted by molar-refractivity contribution is 6.30. The maximum Gasteiger partial charge on any atom is 0.269 e. The van der Waals surface area contributed by atoms with Gasteiger partial charge >= 0.3 is 0 Å². The van der Waals surface area contributed by atoms with E-state index < -0.39 is 0 Å². The van der Waals surface area contributed by atoms with Crippen molar-refractivity contribution in [3.05, 3.63) is 76.6 Å². The Labute approximate surface area is 187 Å². The quantitative estimate of drug-likeness (QED) is 0.476. The highest BCUT2D eigenvalue weighted by atomic mass is 35.5. The highest BCUT2D eigenvalue weighted by Gasteiger charge is 2.13. The molecule has 2 amide bonds. The molecule has 0 aliphatic heterocycles. The number of carbonyl (C=O) groups excluding carboxylic acids is 2. The van der Waals surface area contributed by atoms with Crippen LogP contribution in [-0.4, -0.2) is 39.0 Å². The minimum absolute atomic E-state index is 0.0554. The first-order valence-corrected chi connectivity index (χ1v) is 9.89. The lowest BCUT2D eigenvalue weighted by Gasteiger charge is -2.09. The Hall–Kier alpha value is -4.11. The van der Waals surface area contributed by atoms with E-state index in [-0.39, 0.29) is 23.5 Å². The lowest BCUT2D eigenvalue weighted by atomic mass is 10.1. The topological polar surface area (TPSA) is 119 Å². The molecule has 0 saturated carbocycles. The van der Waals surface area contributed by atoms with E-state index in [1.807, 2.05) is 0 Å². The fourth-order valence-corrected chi connectivity index (χ4v) is 3.17. The fraction of sp³-hybridized carbons (Fsp3) is 0.0909. The molecule has 9 nitrogen and oxygen atoms in total. The van der Waals surface area contributed by atoms with E-state index in [2.05, 4.69) is 30.8 Å². The number of fused-ring (bicyclic) bond motifs is 1. The number of hydrogen-bond acceptors (Lipinski definition) is 7. The van der Waals surface area contributed by atoms with Gasteiger partial charge in [-0.3, -0.25) is 19.9 Å². The number of nitrogens with one attached hydrogen (secondary N) is 2. The van der Waals surface area contributed by atoms with Gasteiger partial charge in [0.25, 0.3) is 11.8 Å². The number of aromatic nitrogens is 4. The predicted molar refractivity (Wildman–Crippen MR) is 119 cm³/mol. The molecule has 160 valence electrons. The molecule has 0 bridgehead atoms. The van der Waals surface area contributed by atoms with E-state index in [1.54, 1.807) is 49.4 Å². The predicted octanol–water partition coefficient (Wildman–Crippen LogP) is 3.79. The Bertz CT molecular complexity index is 1340.